The molecule has 0 saturated heterocycles. The molecule has 0 aromatic heterocycles. The molecule has 2 rings (SSSR count). The number of hydrogen-bond acceptors (Lipinski definition) is 3. The third kappa shape index (κ3) is 5.43. The van der Waals surface area contributed by atoms with Crippen molar-refractivity contribution in [3.8, 4) is 0 Å². The van der Waals surface area contributed by atoms with Gasteiger partial charge >= 0.3 is 0 Å². The van der Waals surface area contributed by atoms with Crippen LogP contribution in [0.25, 0.3) is 0 Å². The molecular weight excluding hydrogens is 274 g/mol. The Hall–Kier alpha value is -1.39. The van der Waals surface area contributed by atoms with Gasteiger partial charge < -0.3 is 16.0 Å². The van der Waals surface area contributed by atoms with Crippen LogP contribution in [0.3, 0.4) is 0 Å². The molecule has 0 heterocycles. The number of rotatable bonds is 6. The molecule has 3 unspecified atom stereocenters. The summed E-state index contributed by atoms with van der Waals surface area (Å²) in [6.45, 7) is 3.82. The van der Waals surface area contributed by atoms with Crippen molar-refractivity contribution in [2.45, 2.75) is 51.2 Å². The Labute approximate surface area is 134 Å². The first kappa shape index (κ1) is 17.0. The lowest BCUT2D eigenvalue weighted by atomic mass is 9.85. The van der Waals surface area contributed by atoms with E-state index in [1.807, 2.05) is 6.07 Å². The van der Waals surface area contributed by atoms with E-state index >= 15 is 0 Å². The molecule has 122 valence electrons. The van der Waals surface area contributed by atoms with E-state index in [-0.39, 0.29) is 23.9 Å². The Bertz CT molecular complexity index is 463. The van der Waals surface area contributed by atoms with E-state index in [1.165, 1.54) is 5.56 Å². The normalized spacial score (nSPS) is 23.3. The fraction of sp³-hybridized carbons (Fsp3) is 0.611. The first-order chi connectivity index (χ1) is 10.5. The molecule has 1 aromatic carbocycles. The minimum absolute atomic E-state index is 0.102. The number of carbonyl (C=O) groups is 1. The maximum atomic E-state index is 12.3. The average Bonchev–Trinajstić information content (AvgIpc) is 2.47. The van der Waals surface area contributed by atoms with Crippen molar-refractivity contribution in [3.05, 3.63) is 35.9 Å². The number of nitrogens with one attached hydrogen (secondary N) is 1. The van der Waals surface area contributed by atoms with Crippen LogP contribution in [-0.4, -0.2) is 36.5 Å². The lowest BCUT2D eigenvalue weighted by Crippen LogP contribution is -2.45. The molecule has 4 heteroatoms. The van der Waals surface area contributed by atoms with Crippen LogP contribution in [-0.2, 0) is 11.3 Å². The van der Waals surface area contributed by atoms with Crippen LogP contribution in [0, 0.1) is 5.92 Å². The number of likely N-dealkylation sites (N-methyl/N-ethyl adjacent to an activating group) is 1. The number of nitrogens with zero attached hydrogens (tertiary/aromatic N) is 1. The summed E-state index contributed by atoms with van der Waals surface area (Å²) in [5, 5.41) is 3.15. The largest absolute Gasteiger partial charge is 0.352 e. The van der Waals surface area contributed by atoms with Crippen molar-refractivity contribution in [1.29, 1.82) is 0 Å². The predicted molar refractivity (Wildman–Crippen MR) is 90.3 cm³/mol. The minimum atomic E-state index is 0.102. The zero-order chi connectivity index (χ0) is 15.9. The lowest BCUT2D eigenvalue weighted by Gasteiger charge is -2.28. The molecule has 0 spiro atoms. The number of carbonyl (C=O) groups excluding carboxylic acids is 1. The number of hydrogen-bond donors (Lipinski definition) is 2. The van der Waals surface area contributed by atoms with Gasteiger partial charge in [0.05, 0.1) is 0 Å². The SMILES string of the molecule is CC(CN(C)Cc1ccccc1)NC(=O)C1CCCC(N)C1. The van der Waals surface area contributed by atoms with Gasteiger partial charge in [0.1, 0.15) is 0 Å². The van der Waals surface area contributed by atoms with E-state index in [0.29, 0.717) is 0 Å². The highest BCUT2D eigenvalue weighted by molar-refractivity contribution is 5.79. The first-order valence-electron chi connectivity index (χ1n) is 8.33. The summed E-state index contributed by atoms with van der Waals surface area (Å²) in [7, 11) is 2.09. The van der Waals surface area contributed by atoms with Gasteiger partial charge in [0.25, 0.3) is 0 Å². The molecular formula is C18H29N3O. The standard InChI is InChI=1S/C18H29N3O/c1-14(12-21(2)13-15-7-4-3-5-8-15)20-18(22)16-9-6-10-17(19)11-16/h3-5,7-8,14,16-17H,6,9-13,19H2,1-2H3,(H,20,22). The summed E-state index contributed by atoms with van der Waals surface area (Å²) in [4.78, 5) is 14.6. The summed E-state index contributed by atoms with van der Waals surface area (Å²) in [5.74, 6) is 0.279. The van der Waals surface area contributed by atoms with Crippen molar-refractivity contribution in [1.82, 2.24) is 10.2 Å². The summed E-state index contributed by atoms with van der Waals surface area (Å²) in [6, 6.07) is 10.7. The molecule has 1 aliphatic rings. The molecule has 3 atom stereocenters. The van der Waals surface area contributed by atoms with Gasteiger partial charge in [-0.1, -0.05) is 36.8 Å². The van der Waals surface area contributed by atoms with Crippen LogP contribution < -0.4 is 11.1 Å². The Morgan fingerprint density at radius 3 is 2.77 bits per heavy atom. The predicted octanol–water partition coefficient (Wildman–Crippen LogP) is 2.14. The zero-order valence-electron chi connectivity index (χ0n) is 13.8. The number of amides is 1. The molecule has 0 radical (unpaired) electrons. The van der Waals surface area contributed by atoms with Crippen LogP contribution in [0.2, 0.25) is 0 Å². The molecule has 1 fully saturated rings. The summed E-state index contributed by atoms with van der Waals surface area (Å²) < 4.78 is 0. The molecule has 1 aliphatic carbocycles. The van der Waals surface area contributed by atoms with Gasteiger partial charge in [0.15, 0.2) is 0 Å². The van der Waals surface area contributed by atoms with Crippen molar-refractivity contribution < 1.29 is 4.79 Å². The van der Waals surface area contributed by atoms with Gasteiger partial charge in [-0.05, 0) is 38.8 Å². The van der Waals surface area contributed by atoms with Gasteiger partial charge in [-0.15, -0.1) is 0 Å². The van der Waals surface area contributed by atoms with Gasteiger partial charge in [0, 0.05) is 31.1 Å². The van der Waals surface area contributed by atoms with E-state index in [4.69, 9.17) is 5.73 Å². The second-order valence-corrected chi connectivity index (χ2v) is 6.72. The molecule has 3 N–H and O–H groups in total. The molecule has 0 bridgehead atoms. The maximum Gasteiger partial charge on any atom is 0.223 e. The highest BCUT2D eigenvalue weighted by atomic mass is 16.1. The topological polar surface area (TPSA) is 58.4 Å². The summed E-state index contributed by atoms with van der Waals surface area (Å²) in [5.41, 5.74) is 7.27. The quantitative estimate of drug-likeness (QED) is 0.846. The second kappa shape index (κ2) is 8.30. The van der Waals surface area contributed by atoms with E-state index in [2.05, 4.69) is 48.5 Å². The molecule has 1 aromatic rings. The Morgan fingerprint density at radius 1 is 1.36 bits per heavy atom. The Morgan fingerprint density at radius 2 is 2.09 bits per heavy atom. The van der Waals surface area contributed by atoms with Crippen LogP contribution >= 0.6 is 0 Å². The molecule has 1 saturated carbocycles. The first-order valence-corrected chi connectivity index (χ1v) is 8.33. The smallest absolute Gasteiger partial charge is 0.223 e. The third-order valence-corrected chi connectivity index (χ3v) is 4.36. The monoisotopic (exact) mass is 303 g/mol. The maximum absolute atomic E-state index is 12.3. The fourth-order valence-corrected chi connectivity index (χ4v) is 3.30. The van der Waals surface area contributed by atoms with E-state index in [1.54, 1.807) is 0 Å². The van der Waals surface area contributed by atoms with Gasteiger partial charge in [-0.3, -0.25) is 4.79 Å². The van der Waals surface area contributed by atoms with Crippen LogP contribution in [0.4, 0.5) is 0 Å². The summed E-state index contributed by atoms with van der Waals surface area (Å²) in [6.07, 6.45) is 3.94. The third-order valence-electron chi connectivity index (χ3n) is 4.36. The number of benzene rings is 1. The molecule has 1 amide bonds. The lowest BCUT2D eigenvalue weighted by molar-refractivity contribution is -0.126. The van der Waals surface area contributed by atoms with Crippen LogP contribution in [0.15, 0.2) is 30.3 Å². The molecule has 22 heavy (non-hydrogen) atoms. The average molecular weight is 303 g/mol. The van der Waals surface area contributed by atoms with Crippen LogP contribution in [0.5, 0.6) is 0 Å². The van der Waals surface area contributed by atoms with Crippen LogP contribution in [0.1, 0.15) is 38.2 Å². The van der Waals surface area contributed by atoms with Gasteiger partial charge in [-0.25, -0.2) is 0 Å². The van der Waals surface area contributed by atoms with Crippen molar-refractivity contribution in [2.75, 3.05) is 13.6 Å². The Balaban J connectivity index is 1.74. The highest BCUT2D eigenvalue weighted by Gasteiger charge is 2.26. The van der Waals surface area contributed by atoms with Crippen molar-refractivity contribution >= 4 is 5.91 Å². The van der Waals surface area contributed by atoms with Crippen molar-refractivity contribution in [2.24, 2.45) is 11.7 Å². The van der Waals surface area contributed by atoms with E-state index in [0.717, 1.165) is 38.8 Å². The van der Waals surface area contributed by atoms with Crippen molar-refractivity contribution in [3.63, 3.8) is 0 Å². The van der Waals surface area contributed by atoms with E-state index in [9.17, 15) is 4.79 Å². The Kier molecular flexibility index (Phi) is 6.40. The molecule has 4 nitrogen and oxygen atoms in total. The highest BCUT2D eigenvalue weighted by Crippen LogP contribution is 2.23. The second-order valence-electron chi connectivity index (χ2n) is 6.72. The molecule has 0 aliphatic heterocycles. The summed E-state index contributed by atoms with van der Waals surface area (Å²) >= 11 is 0. The zero-order valence-corrected chi connectivity index (χ0v) is 13.8. The van der Waals surface area contributed by atoms with Gasteiger partial charge in [0.2, 0.25) is 5.91 Å². The van der Waals surface area contributed by atoms with Gasteiger partial charge in [-0.2, -0.15) is 0 Å². The fourth-order valence-electron chi connectivity index (χ4n) is 3.30. The number of nitrogens with two attached hydrogens (primary N) is 1. The minimum Gasteiger partial charge on any atom is -0.352 e. The van der Waals surface area contributed by atoms with E-state index < -0.39 is 0 Å².